The van der Waals surface area contributed by atoms with Gasteiger partial charge in [0.15, 0.2) is 0 Å². The van der Waals surface area contributed by atoms with Crippen LogP contribution in [-0.2, 0) is 9.59 Å². The number of carbonyl (C=O) groups excluding carboxylic acids is 1. The van der Waals surface area contributed by atoms with E-state index in [2.05, 4.69) is 0 Å². The SMILES string of the molecule is Cl.NC(=O)CN1CCC(C(=O)O)CC1. The van der Waals surface area contributed by atoms with Gasteiger partial charge in [-0.25, -0.2) is 0 Å². The second-order valence-electron chi connectivity index (χ2n) is 3.35. The van der Waals surface area contributed by atoms with Crippen molar-refractivity contribution < 1.29 is 14.7 Å². The summed E-state index contributed by atoms with van der Waals surface area (Å²) in [5, 5.41) is 8.70. The summed E-state index contributed by atoms with van der Waals surface area (Å²) in [5.74, 6) is -1.34. The van der Waals surface area contributed by atoms with Crippen LogP contribution in [0.3, 0.4) is 0 Å². The van der Waals surface area contributed by atoms with Gasteiger partial charge in [0.25, 0.3) is 0 Å². The number of primary amides is 1. The number of hydrogen-bond acceptors (Lipinski definition) is 3. The first-order chi connectivity index (χ1) is 6.09. The van der Waals surface area contributed by atoms with Gasteiger partial charge in [-0.15, -0.1) is 12.4 Å². The van der Waals surface area contributed by atoms with Crippen molar-refractivity contribution in [1.29, 1.82) is 0 Å². The van der Waals surface area contributed by atoms with Gasteiger partial charge >= 0.3 is 5.97 Å². The molecule has 1 fully saturated rings. The Kier molecular flexibility index (Phi) is 5.49. The third-order valence-electron chi connectivity index (χ3n) is 2.32. The highest BCUT2D eigenvalue weighted by Gasteiger charge is 2.24. The molecule has 14 heavy (non-hydrogen) atoms. The van der Waals surface area contributed by atoms with Crippen molar-refractivity contribution in [3.63, 3.8) is 0 Å². The van der Waals surface area contributed by atoms with E-state index in [1.54, 1.807) is 0 Å². The number of nitrogens with two attached hydrogens (primary N) is 1. The number of aliphatic carboxylic acids is 1. The van der Waals surface area contributed by atoms with E-state index in [0.717, 1.165) is 0 Å². The summed E-state index contributed by atoms with van der Waals surface area (Å²) in [6.45, 7) is 1.55. The first kappa shape index (κ1) is 13.2. The summed E-state index contributed by atoms with van der Waals surface area (Å²) < 4.78 is 0. The molecule has 0 saturated carbocycles. The standard InChI is InChI=1S/C8H14N2O3.ClH/c9-7(11)5-10-3-1-6(2-4-10)8(12)13;/h6H,1-5H2,(H2,9,11)(H,12,13);1H. The van der Waals surface area contributed by atoms with Crippen molar-refractivity contribution in [1.82, 2.24) is 4.90 Å². The van der Waals surface area contributed by atoms with Crippen molar-refractivity contribution in [2.75, 3.05) is 19.6 Å². The third kappa shape index (κ3) is 3.93. The zero-order valence-electron chi connectivity index (χ0n) is 7.81. The normalized spacial score (nSPS) is 18.6. The summed E-state index contributed by atoms with van der Waals surface area (Å²) in [4.78, 5) is 23.0. The fraction of sp³-hybridized carbons (Fsp3) is 0.750. The Morgan fingerprint density at radius 1 is 1.36 bits per heavy atom. The highest BCUT2D eigenvalue weighted by atomic mass is 35.5. The first-order valence-electron chi connectivity index (χ1n) is 4.33. The van der Waals surface area contributed by atoms with Crippen LogP contribution in [0.4, 0.5) is 0 Å². The zero-order valence-corrected chi connectivity index (χ0v) is 8.63. The number of carbonyl (C=O) groups is 2. The molecule has 0 aromatic rings. The number of nitrogens with zero attached hydrogens (tertiary/aromatic N) is 1. The minimum Gasteiger partial charge on any atom is -0.481 e. The van der Waals surface area contributed by atoms with Crippen LogP contribution in [-0.4, -0.2) is 41.5 Å². The molecule has 1 rings (SSSR count). The fourth-order valence-electron chi connectivity index (χ4n) is 1.56. The van der Waals surface area contributed by atoms with E-state index in [-0.39, 0.29) is 30.8 Å². The minimum atomic E-state index is -0.737. The second kappa shape index (κ2) is 5.82. The molecule has 0 radical (unpaired) electrons. The lowest BCUT2D eigenvalue weighted by atomic mass is 9.97. The van der Waals surface area contributed by atoms with Gasteiger partial charge in [0, 0.05) is 0 Å². The summed E-state index contributed by atoms with van der Waals surface area (Å²) in [5.41, 5.74) is 5.02. The van der Waals surface area contributed by atoms with Crippen molar-refractivity contribution >= 4 is 24.3 Å². The van der Waals surface area contributed by atoms with Crippen LogP contribution in [0.25, 0.3) is 0 Å². The number of hydrogen-bond donors (Lipinski definition) is 2. The van der Waals surface area contributed by atoms with Gasteiger partial charge in [-0.1, -0.05) is 0 Å². The summed E-state index contributed by atoms with van der Waals surface area (Å²) in [6, 6.07) is 0. The summed E-state index contributed by atoms with van der Waals surface area (Å²) in [7, 11) is 0. The van der Waals surface area contributed by atoms with E-state index >= 15 is 0 Å². The molecule has 0 atom stereocenters. The van der Waals surface area contributed by atoms with Crippen LogP contribution in [0.1, 0.15) is 12.8 Å². The molecule has 0 bridgehead atoms. The van der Waals surface area contributed by atoms with E-state index in [1.807, 2.05) is 4.90 Å². The topological polar surface area (TPSA) is 83.6 Å². The maximum Gasteiger partial charge on any atom is 0.306 e. The predicted molar refractivity (Wildman–Crippen MR) is 53.2 cm³/mol. The molecule has 0 aliphatic carbocycles. The molecular formula is C8H15ClN2O3. The number of amides is 1. The molecule has 82 valence electrons. The fourth-order valence-corrected chi connectivity index (χ4v) is 1.56. The largest absolute Gasteiger partial charge is 0.481 e. The number of carboxylic acids is 1. The molecule has 6 heteroatoms. The van der Waals surface area contributed by atoms with Gasteiger partial charge < -0.3 is 10.8 Å². The molecule has 3 N–H and O–H groups in total. The lowest BCUT2D eigenvalue weighted by molar-refractivity contribution is -0.143. The minimum absolute atomic E-state index is 0. The summed E-state index contributed by atoms with van der Waals surface area (Å²) in [6.07, 6.45) is 1.23. The number of rotatable bonds is 3. The molecule has 5 nitrogen and oxygen atoms in total. The average Bonchev–Trinajstić information content (AvgIpc) is 2.04. The van der Waals surface area contributed by atoms with Crippen LogP contribution >= 0.6 is 12.4 Å². The lowest BCUT2D eigenvalue weighted by Gasteiger charge is -2.28. The van der Waals surface area contributed by atoms with Crippen molar-refractivity contribution in [2.45, 2.75) is 12.8 Å². The van der Waals surface area contributed by atoms with E-state index in [1.165, 1.54) is 0 Å². The smallest absolute Gasteiger partial charge is 0.306 e. The molecule has 1 aliphatic heterocycles. The number of halogens is 1. The Morgan fingerprint density at radius 3 is 2.21 bits per heavy atom. The van der Waals surface area contributed by atoms with Crippen molar-refractivity contribution in [3.05, 3.63) is 0 Å². The first-order valence-corrected chi connectivity index (χ1v) is 4.33. The molecule has 1 heterocycles. The van der Waals surface area contributed by atoms with Crippen LogP contribution in [0.15, 0.2) is 0 Å². The summed E-state index contributed by atoms with van der Waals surface area (Å²) >= 11 is 0. The van der Waals surface area contributed by atoms with E-state index in [9.17, 15) is 9.59 Å². The third-order valence-corrected chi connectivity index (χ3v) is 2.32. The Labute approximate surface area is 88.7 Å². The Bertz CT molecular complexity index is 215. The second-order valence-corrected chi connectivity index (χ2v) is 3.35. The van der Waals surface area contributed by atoms with Crippen LogP contribution in [0, 0.1) is 5.92 Å². The van der Waals surface area contributed by atoms with E-state index in [0.29, 0.717) is 25.9 Å². The number of piperidine rings is 1. The van der Waals surface area contributed by atoms with Gasteiger partial charge in [-0.05, 0) is 25.9 Å². The van der Waals surface area contributed by atoms with Crippen LogP contribution in [0.2, 0.25) is 0 Å². The van der Waals surface area contributed by atoms with Gasteiger partial charge in [0.2, 0.25) is 5.91 Å². The maximum atomic E-state index is 10.6. The quantitative estimate of drug-likeness (QED) is 0.686. The zero-order chi connectivity index (χ0) is 9.84. The molecule has 0 aromatic carbocycles. The van der Waals surface area contributed by atoms with Gasteiger partial charge in [-0.2, -0.15) is 0 Å². The van der Waals surface area contributed by atoms with Crippen molar-refractivity contribution in [3.8, 4) is 0 Å². The molecular weight excluding hydrogens is 208 g/mol. The molecule has 1 amide bonds. The molecule has 1 aliphatic rings. The number of likely N-dealkylation sites (tertiary alicyclic amines) is 1. The highest BCUT2D eigenvalue weighted by Crippen LogP contribution is 2.16. The monoisotopic (exact) mass is 222 g/mol. The predicted octanol–water partition coefficient (Wildman–Crippen LogP) is -0.310. The molecule has 0 unspecified atom stereocenters. The van der Waals surface area contributed by atoms with Gasteiger partial charge in [-0.3, -0.25) is 14.5 Å². The molecule has 0 spiro atoms. The van der Waals surface area contributed by atoms with Crippen LogP contribution < -0.4 is 5.73 Å². The van der Waals surface area contributed by atoms with E-state index in [4.69, 9.17) is 10.8 Å². The van der Waals surface area contributed by atoms with E-state index < -0.39 is 5.97 Å². The average molecular weight is 223 g/mol. The number of carboxylic acid groups (broad SMARTS) is 1. The Morgan fingerprint density at radius 2 is 1.86 bits per heavy atom. The van der Waals surface area contributed by atoms with Crippen LogP contribution in [0.5, 0.6) is 0 Å². The Hall–Kier alpha value is -0.810. The van der Waals surface area contributed by atoms with Gasteiger partial charge in [0.1, 0.15) is 0 Å². The Balaban J connectivity index is 0.00000169. The van der Waals surface area contributed by atoms with Gasteiger partial charge in [0.05, 0.1) is 12.5 Å². The molecule has 1 saturated heterocycles. The highest BCUT2D eigenvalue weighted by molar-refractivity contribution is 5.85. The van der Waals surface area contributed by atoms with Crippen molar-refractivity contribution in [2.24, 2.45) is 11.7 Å². The lowest BCUT2D eigenvalue weighted by Crippen LogP contribution is -2.41. The molecule has 0 aromatic heterocycles. The maximum absolute atomic E-state index is 10.6.